The molecule has 0 spiro atoms. The second kappa shape index (κ2) is 5.80. The molecule has 0 N–H and O–H groups in total. The Hall–Kier alpha value is -0.600. The summed E-state index contributed by atoms with van der Waals surface area (Å²) in [6, 6.07) is 15.4. The predicted molar refractivity (Wildman–Crippen MR) is 88.0 cm³/mol. The van der Waals surface area contributed by atoms with Crippen molar-refractivity contribution in [3.63, 3.8) is 0 Å². The van der Waals surface area contributed by atoms with Crippen molar-refractivity contribution in [1.82, 2.24) is 0 Å². The molecule has 0 radical (unpaired) electrons. The molecule has 0 saturated carbocycles. The van der Waals surface area contributed by atoms with Gasteiger partial charge in [-0.25, -0.2) is 0 Å². The topological polar surface area (TPSA) is 0 Å². The summed E-state index contributed by atoms with van der Waals surface area (Å²) in [7, 11) is 0. The zero-order chi connectivity index (χ0) is 13.2. The normalized spacial score (nSPS) is 15.9. The fraction of sp³-hybridized carbons (Fsp3) is 0.294. The van der Waals surface area contributed by atoms with E-state index < -0.39 is 0 Å². The van der Waals surface area contributed by atoms with Crippen LogP contribution in [0.25, 0.3) is 0 Å². The van der Waals surface area contributed by atoms with E-state index in [1.807, 2.05) is 0 Å². The van der Waals surface area contributed by atoms with Crippen LogP contribution in [0.5, 0.6) is 0 Å². The second-order valence-corrected chi connectivity index (χ2v) is 6.89. The van der Waals surface area contributed by atoms with Crippen molar-refractivity contribution in [1.29, 1.82) is 0 Å². The van der Waals surface area contributed by atoms with Gasteiger partial charge in [0.05, 0.1) is 4.83 Å². The molecule has 0 aromatic heterocycles. The van der Waals surface area contributed by atoms with Crippen LogP contribution in [0, 0.1) is 0 Å². The van der Waals surface area contributed by atoms with Crippen LogP contribution in [-0.4, -0.2) is 0 Å². The van der Waals surface area contributed by atoms with Crippen molar-refractivity contribution >= 4 is 31.9 Å². The zero-order valence-corrected chi connectivity index (χ0v) is 13.9. The third kappa shape index (κ3) is 2.80. The number of alkyl halides is 1. The van der Waals surface area contributed by atoms with Gasteiger partial charge in [-0.3, -0.25) is 0 Å². The van der Waals surface area contributed by atoms with Crippen LogP contribution >= 0.6 is 31.9 Å². The average molecular weight is 380 g/mol. The lowest BCUT2D eigenvalue weighted by Gasteiger charge is -2.19. The molecule has 2 aromatic carbocycles. The van der Waals surface area contributed by atoms with Gasteiger partial charge in [-0.2, -0.15) is 0 Å². The molecule has 1 unspecified atom stereocenters. The summed E-state index contributed by atoms with van der Waals surface area (Å²) in [6.45, 7) is 0. The maximum Gasteiger partial charge on any atom is 0.0655 e. The van der Waals surface area contributed by atoms with Crippen LogP contribution in [0.3, 0.4) is 0 Å². The fourth-order valence-electron chi connectivity index (χ4n) is 2.77. The van der Waals surface area contributed by atoms with Gasteiger partial charge in [-0.1, -0.05) is 68.3 Å². The van der Waals surface area contributed by atoms with Gasteiger partial charge in [0.25, 0.3) is 0 Å². The van der Waals surface area contributed by atoms with Gasteiger partial charge >= 0.3 is 0 Å². The van der Waals surface area contributed by atoms with Gasteiger partial charge in [0.1, 0.15) is 0 Å². The van der Waals surface area contributed by atoms with Crippen molar-refractivity contribution in [2.24, 2.45) is 0 Å². The van der Waals surface area contributed by atoms with Crippen LogP contribution in [0.2, 0.25) is 0 Å². The number of benzene rings is 2. The number of fused-ring (bicyclic) bond motifs is 1. The summed E-state index contributed by atoms with van der Waals surface area (Å²) in [5.74, 6) is 0. The highest BCUT2D eigenvalue weighted by Gasteiger charge is 2.16. The van der Waals surface area contributed by atoms with Gasteiger partial charge in [0, 0.05) is 4.47 Å². The van der Waals surface area contributed by atoms with Crippen LogP contribution in [-0.2, 0) is 12.8 Å². The molecule has 0 heterocycles. The fourth-order valence-corrected chi connectivity index (χ4v) is 4.28. The van der Waals surface area contributed by atoms with E-state index in [9.17, 15) is 0 Å². The molecule has 1 aliphatic rings. The van der Waals surface area contributed by atoms with Crippen molar-refractivity contribution < 1.29 is 0 Å². The molecule has 1 atom stereocenters. The summed E-state index contributed by atoms with van der Waals surface area (Å²) >= 11 is 7.48. The first-order valence-electron chi connectivity index (χ1n) is 6.76. The lowest BCUT2D eigenvalue weighted by molar-refractivity contribution is 0.684. The molecule has 0 aliphatic heterocycles. The van der Waals surface area contributed by atoms with E-state index in [4.69, 9.17) is 0 Å². The summed E-state index contributed by atoms with van der Waals surface area (Å²) in [4.78, 5) is 0.260. The van der Waals surface area contributed by atoms with E-state index in [1.165, 1.54) is 36.8 Å². The molecule has 0 fully saturated rings. The Morgan fingerprint density at radius 3 is 2.42 bits per heavy atom. The lowest BCUT2D eigenvalue weighted by Crippen LogP contribution is -2.04. The van der Waals surface area contributed by atoms with Crippen LogP contribution in [0.1, 0.15) is 39.9 Å². The minimum atomic E-state index is 0.260. The number of halogens is 2. The largest absolute Gasteiger partial charge is 0.0786 e. The Balaban J connectivity index is 1.96. The molecule has 1 aliphatic carbocycles. The average Bonchev–Trinajstić information content (AvgIpc) is 2.46. The second-order valence-electron chi connectivity index (χ2n) is 5.12. The summed E-state index contributed by atoms with van der Waals surface area (Å²) in [5.41, 5.74) is 5.73. The van der Waals surface area contributed by atoms with Gasteiger partial charge in [-0.15, -0.1) is 0 Å². The monoisotopic (exact) mass is 378 g/mol. The van der Waals surface area contributed by atoms with Crippen LogP contribution in [0.15, 0.2) is 46.9 Å². The van der Waals surface area contributed by atoms with Gasteiger partial charge in [-0.05, 0) is 54.0 Å². The van der Waals surface area contributed by atoms with E-state index in [0.29, 0.717) is 0 Å². The summed E-state index contributed by atoms with van der Waals surface area (Å²) in [5, 5.41) is 0. The molecular formula is C17H16Br2. The molecule has 2 heteroatoms. The first-order valence-corrected chi connectivity index (χ1v) is 8.47. The summed E-state index contributed by atoms with van der Waals surface area (Å²) < 4.78 is 1.16. The Kier molecular flexibility index (Phi) is 4.09. The van der Waals surface area contributed by atoms with E-state index in [1.54, 1.807) is 11.1 Å². The maximum absolute atomic E-state index is 3.84. The quantitative estimate of drug-likeness (QED) is 0.577. The third-order valence-electron chi connectivity index (χ3n) is 3.84. The van der Waals surface area contributed by atoms with E-state index in [-0.39, 0.29) is 4.83 Å². The minimum Gasteiger partial charge on any atom is -0.0786 e. The standard InChI is InChI=1S/C17H16Br2/c18-16-8-4-3-7-15(16)17(19)14-10-9-12-5-1-2-6-13(12)11-14/h3-4,7-11,17H,1-2,5-6H2. The third-order valence-corrected chi connectivity index (χ3v) is 5.59. The van der Waals surface area contributed by atoms with Crippen molar-refractivity contribution in [2.45, 2.75) is 30.5 Å². The van der Waals surface area contributed by atoms with Crippen molar-refractivity contribution in [2.75, 3.05) is 0 Å². The Labute approximate surface area is 131 Å². The number of hydrogen-bond donors (Lipinski definition) is 0. The van der Waals surface area contributed by atoms with Crippen molar-refractivity contribution in [3.8, 4) is 0 Å². The van der Waals surface area contributed by atoms with Crippen LogP contribution < -0.4 is 0 Å². The van der Waals surface area contributed by atoms with Crippen molar-refractivity contribution in [3.05, 3.63) is 69.2 Å². The maximum atomic E-state index is 3.84. The number of aryl methyl sites for hydroxylation is 2. The smallest absolute Gasteiger partial charge is 0.0655 e. The Morgan fingerprint density at radius 1 is 0.895 bits per heavy atom. The summed E-state index contributed by atoms with van der Waals surface area (Å²) in [6.07, 6.45) is 5.16. The Morgan fingerprint density at radius 2 is 1.63 bits per heavy atom. The minimum absolute atomic E-state index is 0.260. The van der Waals surface area contributed by atoms with E-state index in [0.717, 1.165) is 4.47 Å². The van der Waals surface area contributed by atoms with E-state index in [2.05, 4.69) is 74.3 Å². The number of rotatable bonds is 2. The molecule has 0 amide bonds. The highest BCUT2D eigenvalue weighted by atomic mass is 79.9. The first kappa shape index (κ1) is 13.4. The molecule has 19 heavy (non-hydrogen) atoms. The molecular weight excluding hydrogens is 364 g/mol. The molecule has 3 rings (SSSR count). The lowest BCUT2D eigenvalue weighted by atomic mass is 9.89. The van der Waals surface area contributed by atoms with Gasteiger partial charge < -0.3 is 0 Å². The Bertz CT molecular complexity index is 590. The van der Waals surface area contributed by atoms with Gasteiger partial charge in [0.2, 0.25) is 0 Å². The van der Waals surface area contributed by atoms with Crippen LogP contribution in [0.4, 0.5) is 0 Å². The molecule has 0 nitrogen and oxygen atoms in total. The molecule has 98 valence electrons. The van der Waals surface area contributed by atoms with Gasteiger partial charge in [0.15, 0.2) is 0 Å². The number of hydrogen-bond acceptors (Lipinski definition) is 0. The molecule has 0 bridgehead atoms. The first-order chi connectivity index (χ1) is 9.25. The highest BCUT2D eigenvalue weighted by molar-refractivity contribution is 9.11. The SMILES string of the molecule is Brc1ccccc1C(Br)c1ccc2c(c1)CCCC2. The molecule has 0 saturated heterocycles. The molecule has 2 aromatic rings. The zero-order valence-electron chi connectivity index (χ0n) is 10.7. The predicted octanol–water partition coefficient (Wildman–Crippen LogP) is 5.81. The van der Waals surface area contributed by atoms with E-state index >= 15 is 0 Å². The highest BCUT2D eigenvalue weighted by Crippen LogP contribution is 2.36.